The highest BCUT2D eigenvalue weighted by Crippen LogP contribution is 2.23. The van der Waals surface area contributed by atoms with Crippen molar-refractivity contribution in [3.05, 3.63) is 28.8 Å². The molecule has 0 spiro atoms. The molecule has 1 atom stereocenters. The second kappa shape index (κ2) is 4.26. The number of carbonyl (C=O) groups is 1. The maximum Gasteiger partial charge on any atom is 0.180 e. The molecule has 0 amide bonds. The fourth-order valence-electron chi connectivity index (χ4n) is 2.41. The van der Waals surface area contributed by atoms with Crippen LogP contribution < -0.4 is 5.32 Å². The van der Waals surface area contributed by atoms with Crippen molar-refractivity contribution in [2.75, 3.05) is 6.54 Å². The largest absolute Gasteiger partial charge is 0.508 e. The second-order valence-corrected chi connectivity index (χ2v) is 4.47. The number of rotatable bonds is 2. The molecule has 3 heteroatoms. The van der Waals surface area contributed by atoms with E-state index in [0.29, 0.717) is 0 Å². The summed E-state index contributed by atoms with van der Waals surface area (Å²) in [4.78, 5) is 12.3. The molecule has 2 rings (SSSR count). The summed E-state index contributed by atoms with van der Waals surface area (Å²) < 4.78 is 0. The minimum Gasteiger partial charge on any atom is -0.508 e. The van der Waals surface area contributed by atoms with E-state index >= 15 is 0 Å². The van der Waals surface area contributed by atoms with E-state index in [0.717, 1.165) is 36.1 Å². The van der Waals surface area contributed by atoms with Crippen LogP contribution in [0.3, 0.4) is 0 Å². The van der Waals surface area contributed by atoms with Crippen LogP contribution in [-0.4, -0.2) is 23.5 Å². The van der Waals surface area contributed by atoms with Gasteiger partial charge in [0.1, 0.15) is 5.75 Å². The van der Waals surface area contributed by atoms with Crippen molar-refractivity contribution >= 4 is 5.78 Å². The van der Waals surface area contributed by atoms with Crippen LogP contribution >= 0.6 is 0 Å². The van der Waals surface area contributed by atoms with Gasteiger partial charge in [-0.25, -0.2) is 0 Å². The number of aryl methyl sites for hydroxylation is 2. The first kappa shape index (κ1) is 11.1. The Bertz CT molecular complexity index is 397. The molecule has 1 saturated heterocycles. The van der Waals surface area contributed by atoms with E-state index in [1.165, 1.54) is 0 Å². The summed E-state index contributed by atoms with van der Waals surface area (Å²) in [5.74, 6) is 0.387. The van der Waals surface area contributed by atoms with Gasteiger partial charge in [0, 0.05) is 5.56 Å². The third-order valence-electron chi connectivity index (χ3n) is 3.14. The summed E-state index contributed by atoms with van der Waals surface area (Å²) in [7, 11) is 0. The zero-order chi connectivity index (χ0) is 11.7. The van der Waals surface area contributed by atoms with Gasteiger partial charge in [-0.1, -0.05) is 0 Å². The number of Topliss-reactive ketones (excluding diaryl/α,β-unsaturated/α-hetero) is 1. The molecular formula is C13H17NO2. The molecule has 1 aromatic rings. The molecule has 0 aliphatic carbocycles. The molecule has 1 aromatic carbocycles. The van der Waals surface area contributed by atoms with Gasteiger partial charge in [-0.3, -0.25) is 4.79 Å². The van der Waals surface area contributed by atoms with Crippen LogP contribution in [0.4, 0.5) is 0 Å². The molecule has 0 aromatic heterocycles. The molecule has 0 radical (unpaired) electrons. The minimum atomic E-state index is -0.0399. The summed E-state index contributed by atoms with van der Waals surface area (Å²) in [5.41, 5.74) is 2.48. The van der Waals surface area contributed by atoms with Crippen LogP contribution in [0.25, 0.3) is 0 Å². The topological polar surface area (TPSA) is 49.3 Å². The minimum absolute atomic E-state index is 0.0399. The predicted molar refractivity (Wildman–Crippen MR) is 62.9 cm³/mol. The lowest BCUT2D eigenvalue weighted by Gasteiger charge is -2.14. The van der Waals surface area contributed by atoms with E-state index in [-0.39, 0.29) is 17.6 Å². The molecule has 0 bridgehead atoms. The molecule has 3 nitrogen and oxygen atoms in total. The SMILES string of the molecule is Cc1cc(O)cc(C)c1C(=O)C1CCCN1. The average Bonchev–Trinajstić information content (AvgIpc) is 2.67. The van der Waals surface area contributed by atoms with E-state index in [9.17, 15) is 9.90 Å². The van der Waals surface area contributed by atoms with Crippen LogP contribution in [0, 0.1) is 13.8 Å². The van der Waals surface area contributed by atoms with E-state index < -0.39 is 0 Å². The highest BCUT2D eigenvalue weighted by atomic mass is 16.3. The second-order valence-electron chi connectivity index (χ2n) is 4.47. The van der Waals surface area contributed by atoms with Gasteiger partial charge in [0.15, 0.2) is 5.78 Å². The van der Waals surface area contributed by atoms with Crippen molar-refractivity contribution in [1.82, 2.24) is 5.32 Å². The Balaban J connectivity index is 2.35. The smallest absolute Gasteiger partial charge is 0.180 e. The van der Waals surface area contributed by atoms with Crippen LogP contribution in [-0.2, 0) is 0 Å². The number of phenolic OH excluding ortho intramolecular Hbond substituents is 1. The number of hydrogen-bond acceptors (Lipinski definition) is 3. The number of benzene rings is 1. The zero-order valence-corrected chi connectivity index (χ0v) is 9.71. The lowest BCUT2D eigenvalue weighted by Crippen LogP contribution is -2.31. The number of aromatic hydroxyl groups is 1. The maximum absolute atomic E-state index is 12.3. The fraction of sp³-hybridized carbons (Fsp3) is 0.462. The van der Waals surface area contributed by atoms with Crippen LogP contribution in [0.5, 0.6) is 5.75 Å². The summed E-state index contributed by atoms with van der Waals surface area (Å²) >= 11 is 0. The number of hydrogen-bond donors (Lipinski definition) is 2. The zero-order valence-electron chi connectivity index (χ0n) is 9.71. The van der Waals surface area contributed by atoms with Gasteiger partial charge in [-0.15, -0.1) is 0 Å². The van der Waals surface area contributed by atoms with Crippen LogP contribution in [0.1, 0.15) is 34.3 Å². The molecule has 1 fully saturated rings. The number of carbonyl (C=O) groups excluding carboxylic acids is 1. The average molecular weight is 219 g/mol. The lowest BCUT2D eigenvalue weighted by molar-refractivity contribution is 0.0951. The van der Waals surface area contributed by atoms with E-state index in [1.54, 1.807) is 12.1 Å². The highest BCUT2D eigenvalue weighted by molar-refractivity contribution is 6.02. The van der Waals surface area contributed by atoms with Crippen molar-refractivity contribution in [3.8, 4) is 5.75 Å². The van der Waals surface area contributed by atoms with E-state index in [1.807, 2.05) is 13.8 Å². The summed E-state index contributed by atoms with van der Waals surface area (Å²) in [6, 6.07) is 3.26. The maximum atomic E-state index is 12.3. The van der Waals surface area contributed by atoms with Crippen LogP contribution in [0.2, 0.25) is 0 Å². The molecule has 0 saturated carbocycles. The first-order chi connectivity index (χ1) is 7.59. The Hall–Kier alpha value is -1.35. The van der Waals surface area contributed by atoms with Crippen molar-refractivity contribution in [2.24, 2.45) is 0 Å². The Morgan fingerprint density at radius 2 is 2.00 bits per heavy atom. The predicted octanol–water partition coefficient (Wildman–Crippen LogP) is 1.94. The molecule has 86 valence electrons. The fourth-order valence-corrected chi connectivity index (χ4v) is 2.41. The Morgan fingerprint density at radius 3 is 2.50 bits per heavy atom. The van der Waals surface area contributed by atoms with Gasteiger partial charge in [0.25, 0.3) is 0 Å². The Kier molecular flexibility index (Phi) is 2.97. The van der Waals surface area contributed by atoms with Gasteiger partial charge >= 0.3 is 0 Å². The third-order valence-corrected chi connectivity index (χ3v) is 3.14. The van der Waals surface area contributed by atoms with Gasteiger partial charge in [0.2, 0.25) is 0 Å². The molecule has 2 N–H and O–H groups in total. The van der Waals surface area contributed by atoms with Crippen molar-refractivity contribution < 1.29 is 9.90 Å². The molecule has 1 heterocycles. The molecule has 1 aliphatic heterocycles. The van der Waals surface area contributed by atoms with Crippen molar-refractivity contribution in [2.45, 2.75) is 32.7 Å². The van der Waals surface area contributed by atoms with Crippen molar-refractivity contribution in [1.29, 1.82) is 0 Å². The van der Waals surface area contributed by atoms with Gasteiger partial charge in [-0.2, -0.15) is 0 Å². The first-order valence-electron chi connectivity index (χ1n) is 5.67. The standard InChI is InChI=1S/C13H17NO2/c1-8-6-10(15)7-9(2)12(8)13(16)11-4-3-5-14-11/h6-7,11,14-15H,3-5H2,1-2H3. The van der Waals surface area contributed by atoms with Gasteiger partial charge < -0.3 is 10.4 Å². The number of nitrogens with one attached hydrogen (secondary N) is 1. The quantitative estimate of drug-likeness (QED) is 0.747. The molecule has 16 heavy (non-hydrogen) atoms. The Labute approximate surface area is 95.5 Å². The first-order valence-corrected chi connectivity index (χ1v) is 5.67. The lowest BCUT2D eigenvalue weighted by atomic mass is 9.94. The number of phenols is 1. The normalized spacial score (nSPS) is 20.0. The Morgan fingerprint density at radius 1 is 1.38 bits per heavy atom. The molecule has 1 unspecified atom stereocenters. The van der Waals surface area contributed by atoms with Crippen LogP contribution in [0.15, 0.2) is 12.1 Å². The van der Waals surface area contributed by atoms with Gasteiger partial charge in [-0.05, 0) is 56.5 Å². The third kappa shape index (κ3) is 1.95. The van der Waals surface area contributed by atoms with E-state index in [2.05, 4.69) is 5.32 Å². The monoisotopic (exact) mass is 219 g/mol. The number of ketones is 1. The summed E-state index contributed by atoms with van der Waals surface area (Å²) in [6.45, 7) is 4.66. The summed E-state index contributed by atoms with van der Waals surface area (Å²) in [6.07, 6.45) is 1.98. The van der Waals surface area contributed by atoms with Gasteiger partial charge in [0.05, 0.1) is 6.04 Å². The molecule has 1 aliphatic rings. The summed E-state index contributed by atoms with van der Waals surface area (Å²) in [5, 5.41) is 12.7. The van der Waals surface area contributed by atoms with Crippen molar-refractivity contribution in [3.63, 3.8) is 0 Å². The molecular weight excluding hydrogens is 202 g/mol. The highest BCUT2D eigenvalue weighted by Gasteiger charge is 2.25. The van der Waals surface area contributed by atoms with E-state index in [4.69, 9.17) is 0 Å².